The smallest absolute Gasteiger partial charge is 0.274 e. The number of nitrogens with one attached hydrogen (secondary N) is 2. The van der Waals surface area contributed by atoms with E-state index in [1.807, 2.05) is 36.4 Å². The fourth-order valence-electron chi connectivity index (χ4n) is 4.72. The van der Waals surface area contributed by atoms with Crippen LogP contribution in [0, 0.1) is 12.3 Å². The number of nitrogens with zero attached hydrogens (tertiary/aromatic N) is 3. The van der Waals surface area contributed by atoms with E-state index in [4.69, 9.17) is 5.41 Å². The minimum absolute atomic E-state index is 0.101. The third kappa shape index (κ3) is 5.13. The van der Waals surface area contributed by atoms with Gasteiger partial charge in [0, 0.05) is 30.6 Å². The number of hydrogen-bond acceptors (Lipinski definition) is 5. The molecule has 0 saturated carbocycles. The van der Waals surface area contributed by atoms with E-state index in [2.05, 4.69) is 15.3 Å². The number of amidine groups is 1. The van der Waals surface area contributed by atoms with Crippen molar-refractivity contribution < 1.29 is 13.2 Å². The molecule has 8 nitrogen and oxygen atoms in total. The SMILES string of the molecule is Cc1cc(C(=O)Nc2ccc(C(=N)N3CCCCC3)cc2)n(-c2cc3ccccc3cc2S(C)(=O)=O)n1. The van der Waals surface area contributed by atoms with Crippen LogP contribution in [-0.2, 0) is 9.84 Å². The summed E-state index contributed by atoms with van der Waals surface area (Å²) >= 11 is 0. The topological polar surface area (TPSA) is 108 Å². The third-order valence-electron chi connectivity index (χ3n) is 6.61. The minimum atomic E-state index is -3.60. The average molecular weight is 516 g/mol. The van der Waals surface area contributed by atoms with Crippen LogP contribution in [0.4, 0.5) is 5.69 Å². The second kappa shape index (κ2) is 9.82. The molecule has 0 unspecified atom stereocenters. The Labute approximate surface area is 216 Å². The van der Waals surface area contributed by atoms with Gasteiger partial charge in [0.1, 0.15) is 11.5 Å². The standard InChI is InChI=1S/C28H29N5O3S/c1-19-16-25(28(34)30-23-12-10-20(11-13-23)27(29)32-14-6-3-7-15-32)33(31-19)24-17-21-8-4-5-9-22(21)18-26(24)37(2,35)36/h4-5,8-13,16-18,29H,3,6-7,14-15H2,1-2H3,(H,30,34). The molecule has 3 aromatic carbocycles. The van der Waals surface area contributed by atoms with E-state index in [-0.39, 0.29) is 10.6 Å². The Morgan fingerprint density at radius 1 is 0.946 bits per heavy atom. The van der Waals surface area contributed by atoms with E-state index < -0.39 is 15.7 Å². The molecule has 1 amide bonds. The zero-order valence-corrected chi connectivity index (χ0v) is 21.7. The van der Waals surface area contributed by atoms with Crippen LogP contribution in [0.25, 0.3) is 16.5 Å². The number of anilines is 1. The zero-order valence-electron chi connectivity index (χ0n) is 20.9. The van der Waals surface area contributed by atoms with Gasteiger partial charge in [-0.2, -0.15) is 5.10 Å². The van der Waals surface area contributed by atoms with Gasteiger partial charge in [-0.3, -0.25) is 10.2 Å². The lowest BCUT2D eigenvalue weighted by molar-refractivity contribution is 0.101. The van der Waals surface area contributed by atoms with Gasteiger partial charge in [0.25, 0.3) is 5.91 Å². The van der Waals surface area contributed by atoms with Crippen molar-refractivity contribution in [2.24, 2.45) is 0 Å². The number of hydrogen-bond donors (Lipinski definition) is 2. The van der Waals surface area contributed by atoms with E-state index in [1.165, 1.54) is 11.1 Å². The van der Waals surface area contributed by atoms with Crippen molar-refractivity contribution in [1.29, 1.82) is 5.41 Å². The molecule has 1 aliphatic rings. The van der Waals surface area contributed by atoms with Crippen LogP contribution >= 0.6 is 0 Å². The number of rotatable bonds is 5. The van der Waals surface area contributed by atoms with Gasteiger partial charge in [0.2, 0.25) is 0 Å². The van der Waals surface area contributed by atoms with Crippen LogP contribution in [0.15, 0.2) is 71.6 Å². The number of aromatic nitrogens is 2. The Morgan fingerprint density at radius 2 is 1.59 bits per heavy atom. The summed E-state index contributed by atoms with van der Waals surface area (Å²) in [4.78, 5) is 15.5. The molecule has 0 spiro atoms. The summed E-state index contributed by atoms with van der Waals surface area (Å²) in [6, 6.07) is 19.7. The quantitative estimate of drug-likeness (QED) is 0.293. The van der Waals surface area contributed by atoms with Crippen LogP contribution in [0.5, 0.6) is 0 Å². The van der Waals surface area contributed by atoms with Crippen LogP contribution in [0.1, 0.15) is 41.0 Å². The highest BCUT2D eigenvalue weighted by Crippen LogP contribution is 2.28. The van der Waals surface area contributed by atoms with Crippen LogP contribution < -0.4 is 5.32 Å². The number of amides is 1. The molecule has 1 aromatic heterocycles. The number of benzene rings is 3. The Balaban J connectivity index is 1.45. The second-order valence-corrected chi connectivity index (χ2v) is 11.4. The molecule has 0 aliphatic carbocycles. The van der Waals surface area contributed by atoms with Gasteiger partial charge in [-0.1, -0.05) is 24.3 Å². The highest BCUT2D eigenvalue weighted by molar-refractivity contribution is 7.90. The fraction of sp³-hybridized carbons (Fsp3) is 0.250. The van der Waals surface area contributed by atoms with Gasteiger partial charge in [0.15, 0.2) is 9.84 Å². The maximum atomic E-state index is 13.3. The van der Waals surface area contributed by atoms with E-state index in [9.17, 15) is 13.2 Å². The predicted octanol–water partition coefficient (Wildman–Crippen LogP) is 4.80. The molecule has 4 aromatic rings. The number of carbonyl (C=O) groups excluding carboxylic acids is 1. The Hall–Kier alpha value is -3.98. The third-order valence-corrected chi connectivity index (χ3v) is 7.73. The van der Waals surface area contributed by atoms with E-state index in [0.29, 0.717) is 22.9 Å². The van der Waals surface area contributed by atoms with Gasteiger partial charge in [-0.15, -0.1) is 0 Å². The minimum Gasteiger partial charge on any atom is -0.357 e. The molecular formula is C28H29N5O3S. The molecule has 190 valence electrons. The van der Waals surface area contributed by atoms with Gasteiger partial charge in [-0.05, 0) is 79.4 Å². The molecule has 0 bridgehead atoms. The summed E-state index contributed by atoms with van der Waals surface area (Å²) < 4.78 is 26.8. The largest absolute Gasteiger partial charge is 0.357 e. The first-order chi connectivity index (χ1) is 17.7. The van der Waals surface area contributed by atoms with Crippen molar-refractivity contribution in [3.63, 3.8) is 0 Å². The monoisotopic (exact) mass is 515 g/mol. The maximum Gasteiger partial charge on any atom is 0.274 e. The lowest BCUT2D eigenvalue weighted by Crippen LogP contribution is -2.35. The number of carbonyl (C=O) groups is 1. The van der Waals surface area contributed by atoms with Gasteiger partial charge < -0.3 is 10.2 Å². The van der Waals surface area contributed by atoms with Crippen molar-refractivity contribution in [2.75, 3.05) is 24.7 Å². The Kier molecular flexibility index (Phi) is 6.55. The summed E-state index contributed by atoms with van der Waals surface area (Å²) in [6.07, 6.45) is 4.55. The normalized spacial score (nSPS) is 14.1. The zero-order chi connectivity index (χ0) is 26.2. The summed E-state index contributed by atoms with van der Waals surface area (Å²) in [5, 5.41) is 17.5. The van der Waals surface area contributed by atoms with Gasteiger partial charge in [0.05, 0.1) is 16.3 Å². The first-order valence-corrected chi connectivity index (χ1v) is 14.1. The molecule has 2 N–H and O–H groups in total. The summed E-state index contributed by atoms with van der Waals surface area (Å²) in [5.41, 5.74) is 2.51. The molecule has 1 saturated heterocycles. The van der Waals surface area contributed by atoms with Crippen molar-refractivity contribution >= 4 is 38.0 Å². The van der Waals surface area contributed by atoms with Crippen molar-refractivity contribution in [1.82, 2.24) is 14.7 Å². The highest BCUT2D eigenvalue weighted by atomic mass is 32.2. The van der Waals surface area contributed by atoms with Crippen molar-refractivity contribution in [3.8, 4) is 5.69 Å². The maximum absolute atomic E-state index is 13.3. The Bertz CT molecular complexity index is 1600. The summed E-state index contributed by atoms with van der Waals surface area (Å²) in [6.45, 7) is 3.55. The van der Waals surface area contributed by atoms with Crippen LogP contribution in [-0.4, -0.2) is 54.2 Å². The fourth-order valence-corrected chi connectivity index (χ4v) is 5.59. The summed E-state index contributed by atoms with van der Waals surface area (Å²) in [7, 11) is -3.60. The number of aryl methyl sites for hydroxylation is 1. The molecule has 37 heavy (non-hydrogen) atoms. The van der Waals surface area contributed by atoms with Crippen molar-refractivity contribution in [3.05, 3.63) is 83.7 Å². The second-order valence-electron chi connectivity index (χ2n) is 9.45. The average Bonchev–Trinajstić information content (AvgIpc) is 3.29. The summed E-state index contributed by atoms with van der Waals surface area (Å²) in [5.74, 6) is 0.0861. The van der Waals surface area contributed by atoms with Gasteiger partial charge in [-0.25, -0.2) is 13.1 Å². The Morgan fingerprint density at radius 3 is 2.24 bits per heavy atom. The van der Waals surface area contributed by atoms with E-state index in [1.54, 1.807) is 37.3 Å². The van der Waals surface area contributed by atoms with Crippen LogP contribution in [0.2, 0.25) is 0 Å². The molecule has 0 radical (unpaired) electrons. The van der Waals surface area contributed by atoms with Crippen LogP contribution in [0.3, 0.4) is 0 Å². The molecule has 5 rings (SSSR count). The number of piperidine rings is 1. The van der Waals surface area contributed by atoms with Crippen molar-refractivity contribution in [2.45, 2.75) is 31.1 Å². The lowest BCUT2D eigenvalue weighted by atomic mass is 10.1. The molecule has 0 atom stereocenters. The predicted molar refractivity (Wildman–Crippen MR) is 146 cm³/mol. The van der Waals surface area contributed by atoms with E-state index in [0.717, 1.165) is 48.5 Å². The molecule has 1 aliphatic heterocycles. The number of likely N-dealkylation sites (tertiary alicyclic amines) is 1. The molecule has 1 fully saturated rings. The first-order valence-electron chi connectivity index (χ1n) is 12.3. The first kappa shape index (κ1) is 24.7. The molecule has 2 heterocycles. The molecular weight excluding hydrogens is 486 g/mol. The van der Waals surface area contributed by atoms with Gasteiger partial charge >= 0.3 is 0 Å². The molecule has 9 heteroatoms. The lowest BCUT2D eigenvalue weighted by Gasteiger charge is -2.29. The highest BCUT2D eigenvalue weighted by Gasteiger charge is 2.22. The number of sulfone groups is 1. The number of fused-ring (bicyclic) bond motifs is 1. The van der Waals surface area contributed by atoms with E-state index >= 15 is 0 Å².